The average Bonchev–Trinajstić information content (AvgIpc) is 3.03. The Hall–Kier alpha value is -2.04. The van der Waals surface area contributed by atoms with E-state index in [1.165, 1.54) is 0 Å². The van der Waals surface area contributed by atoms with Gasteiger partial charge in [0.05, 0.1) is 0 Å². The van der Waals surface area contributed by atoms with Gasteiger partial charge in [-0.3, -0.25) is 9.69 Å². The Morgan fingerprint density at radius 2 is 2.08 bits per heavy atom. The summed E-state index contributed by atoms with van der Waals surface area (Å²) in [5, 5.41) is 9.96. The number of hydrogen-bond donors (Lipinski definition) is 1. The Kier molecular flexibility index (Phi) is 5.38. The molecular weight excluding hydrogens is 326 g/mol. The summed E-state index contributed by atoms with van der Waals surface area (Å²) >= 11 is 6.14. The number of carbonyl (C=O) groups is 1. The number of rotatable bonds is 6. The molecule has 5 heteroatoms. The Labute approximate surface area is 146 Å². The highest BCUT2D eigenvalue weighted by atomic mass is 35.5. The number of carboxylic acids is 1. The van der Waals surface area contributed by atoms with Crippen molar-refractivity contribution < 1.29 is 14.6 Å². The molecule has 1 heterocycles. The van der Waals surface area contributed by atoms with Crippen LogP contribution in [0.1, 0.15) is 24.0 Å². The maximum Gasteiger partial charge on any atom is 0.320 e. The van der Waals surface area contributed by atoms with Crippen molar-refractivity contribution in [2.24, 2.45) is 0 Å². The number of aliphatic carboxylic acids is 1. The lowest BCUT2D eigenvalue weighted by Gasteiger charge is -2.21. The zero-order valence-corrected chi connectivity index (χ0v) is 14.1. The van der Waals surface area contributed by atoms with Crippen LogP contribution in [-0.4, -0.2) is 28.6 Å². The van der Waals surface area contributed by atoms with Crippen molar-refractivity contribution in [1.29, 1.82) is 0 Å². The summed E-state index contributed by atoms with van der Waals surface area (Å²) < 4.78 is 5.83. The van der Waals surface area contributed by atoms with Gasteiger partial charge in [-0.25, -0.2) is 0 Å². The molecule has 0 spiro atoms. The highest BCUT2D eigenvalue weighted by molar-refractivity contribution is 6.31. The van der Waals surface area contributed by atoms with Crippen LogP contribution in [0, 0.1) is 0 Å². The highest BCUT2D eigenvalue weighted by Gasteiger charge is 2.30. The molecule has 0 amide bonds. The van der Waals surface area contributed by atoms with Crippen LogP contribution in [0.4, 0.5) is 0 Å². The standard InChI is InChI=1S/C19H20ClNO3/c20-17-8-2-1-6-15(17)13-24-16-7-3-5-14(11-16)12-21-10-4-9-18(21)19(22)23/h1-3,5-8,11,18H,4,9-10,12-13H2,(H,22,23)/t18-/m1/s1. The molecule has 0 bridgehead atoms. The minimum Gasteiger partial charge on any atom is -0.489 e. The monoisotopic (exact) mass is 345 g/mol. The molecule has 4 nitrogen and oxygen atoms in total. The number of benzene rings is 2. The van der Waals surface area contributed by atoms with Crippen molar-refractivity contribution in [1.82, 2.24) is 4.90 Å². The van der Waals surface area contributed by atoms with Crippen molar-refractivity contribution in [3.8, 4) is 5.75 Å². The van der Waals surface area contributed by atoms with Crippen molar-refractivity contribution in [2.45, 2.75) is 32.0 Å². The maximum absolute atomic E-state index is 11.3. The molecule has 24 heavy (non-hydrogen) atoms. The minimum absolute atomic E-state index is 0.377. The van der Waals surface area contributed by atoms with Gasteiger partial charge in [0.25, 0.3) is 0 Å². The Morgan fingerprint density at radius 3 is 2.88 bits per heavy atom. The summed E-state index contributed by atoms with van der Waals surface area (Å²) in [4.78, 5) is 13.3. The maximum atomic E-state index is 11.3. The van der Waals surface area contributed by atoms with Gasteiger partial charge in [0.1, 0.15) is 18.4 Å². The third-order valence-electron chi connectivity index (χ3n) is 4.29. The van der Waals surface area contributed by atoms with Crippen LogP contribution in [0.25, 0.3) is 0 Å². The first kappa shape index (κ1) is 16.8. The van der Waals surface area contributed by atoms with Crippen LogP contribution in [0.15, 0.2) is 48.5 Å². The Balaban J connectivity index is 1.64. The molecule has 3 rings (SSSR count). The van der Waals surface area contributed by atoms with Gasteiger partial charge in [-0.2, -0.15) is 0 Å². The smallest absolute Gasteiger partial charge is 0.320 e. The van der Waals surface area contributed by atoms with Gasteiger partial charge < -0.3 is 9.84 Å². The molecule has 0 saturated carbocycles. The molecule has 1 aliphatic heterocycles. The summed E-state index contributed by atoms with van der Waals surface area (Å²) in [5.41, 5.74) is 2.00. The zero-order valence-electron chi connectivity index (χ0n) is 13.3. The van der Waals surface area contributed by atoms with Crippen LogP contribution in [0.3, 0.4) is 0 Å². The molecule has 126 valence electrons. The number of likely N-dealkylation sites (tertiary alicyclic amines) is 1. The van der Waals surface area contributed by atoms with Gasteiger partial charge in [-0.1, -0.05) is 41.9 Å². The van der Waals surface area contributed by atoms with Crippen molar-refractivity contribution in [2.75, 3.05) is 6.54 Å². The van der Waals surface area contributed by atoms with E-state index in [0.29, 0.717) is 18.2 Å². The van der Waals surface area contributed by atoms with E-state index in [4.69, 9.17) is 16.3 Å². The molecule has 0 radical (unpaired) electrons. The summed E-state index contributed by atoms with van der Waals surface area (Å²) in [6.07, 6.45) is 1.65. The predicted octanol–water partition coefficient (Wildman–Crippen LogP) is 3.97. The zero-order chi connectivity index (χ0) is 16.9. The summed E-state index contributed by atoms with van der Waals surface area (Å²) in [7, 11) is 0. The highest BCUT2D eigenvalue weighted by Crippen LogP contribution is 2.23. The van der Waals surface area contributed by atoms with E-state index in [1.807, 2.05) is 53.4 Å². The van der Waals surface area contributed by atoms with Gasteiger partial charge in [-0.05, 0) is 43.1 Å². The second kappa shape index (κ2) is 7.69. The number of nitrogens with zero attached hydrogens (tertiary/aromatic N) is 1. The van der Waals surface area contributed by atoms with E-state index < -0.39 is 5.97 Å². The van der Waals surface area contributed by atoms with Gasteiger partial charge in [-0.15, -0.1) is 0 Å². The first-order valence-corrected chi connectivity index (χ1v) is 8.43. The predicted molar refractivity (Wildman–Crippen MR) is 93.3 cm³/mol. The average molecular weight is 346 g/mol. The van der Waals surface area contributed by atoms with Crippen LogP contribution >= 0.6 is 11.6 Å². The third kappa shape index (κ3) is 4.08. The first-order valence-electron chi connectivity index (χ1n) is 8.05. The van der Waals surface area contributed by atoms with E-state index in [-0.39, 0.29) is 6.04 Å². The quantitative estimate of drug-likeness (QED) is 0.860. The lowest BCUT2D eigenvalue weighted by Crippen LogP contribution is -2.35. The second-order valence-electron chi connectivity index (χ2n) is 5.99. The fourth-order valence-corrected chi connectivity index (χ4v) is 3.23. The number of ether oxygens (including phenoxy) is 1. The molecule has 2 aromatic rings. The van der Waals surface area contributed by atoms with E-state index in [0.717, 1.165) is 36.3 Å². The van der Waals surface area contributed by atoms with Crippen LogP contribution in [-0.2, 0) is 17.9 Å². The molecule has 1 atom stereocenters. The van der Waals surface area contributed by atoms with E-state index >= 15 is 0 Å². The van der Waals surface area contributed by atoms with Gasteiger partial charge in [0.15, 0.2) is 0 Å². The van der Waals surface area contributed by atoms with Crippen molar-refractivity contribution in [3.63, 3.8) is 0 Å². The normalized spacial score (nSPS) is 17.8. The lowest BCUT2D eigenvalue weighted by atomic mass is 10.1. The fraction of sp³-hybridized carbons (Fsp3) is 0.316. The third-order valence-corrected chi connectivity index (χ3v) is 4.65. The van der Waals surface area contributed by atoms with E-state index in [1.54, 1.807) is 0 Å². The largest absolute Gasteiger partial charge is 0.489 e. The number of halogens is 1. The molecular formula is C19H20ClNO3. The van der Waals surface area contributed by atoms with Gasteiger partial charge in [0, 0.05) is 17.1 Å². The molecule has 1 aliphatic rings. The molecule has 2 aromatic carbocycles. The molecule has 1 N–H and O–H groups in total. The van der Waals surface area contributed by atoms with Gasteiger partial charge in [0.2, 0.25) is 0 Å². The van der Waals surface area contributed by atoms with Crippen LogP contribution in [0.2, 0.25) is 5.02 Å². The van der Waals surface area contributed by atoms with E-state index in [9.17, 15) is 9.90 Å². The van der Waals surface area contributed by atoms with E-state index in [2.05, 4.69) is 0 Å². The molecule has 1 saturated heterocycles. The summed E-state index contributed by atoms with van der Waals surface area (Å²) in [6.45, 7) is 1.85. The molecule has 0 aromatic heterocycles. The minimum atomic E-state index is -0.737. The molecule has 1 fully saturated rings. The summed E-state index contributed by atoms with van der Waals surface area (Å²) in [5.74, 6) is 0.0251. The Bertz CT molecular complexity index is 719. The van der Waals surface area contributed by atoms with Crippen molar-refractivity contribution in [3.05, 3.63) is 64.7 Å². The topological polar surface area (TPSA) is 49.8 Å². The SMILES string of the molecule is O=C(O)[C@H]1CCCN1Cc1cccc(OCc2ccccc2Cl)c1. The first-order chi connectivity index (χ1) is 11.6. The number of carboxylic acid groups (broad SMARTS) is 1. The molecule has 0 unspecified atom stereocenters. The van der Waals surface area contributed by atoms with Crippen LogP contribution in [0.5, 0.6) is 5.75 Å². The van der Waals surface area contributed by atoms with Crippen molar-refractivity contribution >= 4 is 17.6 Å². The Morgan fingerprint density at radius 1 is 1.25 bits per heavy atom. The molecule has 0 aliphatic carbocycles. The fourth-order valence-electron chi connectivity index (χ4n) is 3.04. The second-order valence-corrected chi connectivity index (χ2v) is 6.40. The lowest BCUT2D eigenvalue weighted by molar-refractivity contribution is -0.142. The number of hydrogen-bond acceptors (Lipinski definition) is 3. The van der Waals surface area contributed by atoms with Crippen LogP contribution < -0.4 is 4.74 Å². The van der Waals surface area contributed by atoms with Gasteiger partial charge >= 0.3 is 5.97 Å². The summed E-state index contributed by atoms with van der Waals surface area (Å²) in [6, 6.07) is 15.0.